The summed E-state index contributed by atoms with van der Waals surface area (Å²) in [6.07, 6.45) is 0. The smallest absolute Gasteiger partial charge is 0.114 e. The first-order valence-corrected chi connectivity index (χ1v) is 5.30. The Morgan fingerprint density at radius 3 is 2.23 bits per heavy atom. The van der Waals surface area contributed by atoms with Crippen molar-refractivity contribution in [1.82, 2.24) is 0 Å². The maximum Gasteiger partial charge on any atom is 0.114 e. The van der Waals surface area contributed by atoms with Gasteiger partial charge in [-0.2, -0.15) is 0 Å². The third kappa shape index (κ3) is 3.05. The van der Waals surface area contributed by atoms with Crippen molar-refractivity contribution in [2.75, 3.05) is 0 Å². The van der Waals surface area contributed by atoms with E-state index in [1.54, 1.807) is 0 Å². The molecule has 0 amide bonds. The highest BCUT2D eigenvalue weighted by Gasteiger charge is 2.25. The highest BCUT2D eigenvalue weighted by atomic mass is 32.2. The van der Waals surface area contributed by atoms with E-state index < -0.39 is 4.93 Å². The van der Waals surface area contributed by atoms with Crippen molar-refractivity contribution in [3.8, 4) is 0 Å². The predicted molar refractivity (Wildman–Crippen MR) is 57.8 cm³/mol. The Balaban J connectivity index is 2.69. The summed E-state index contributed by atoms with van der Waals surface area (Å²) in [5.41, 5.74) is 0. The van der Waals surface area contributed by atoms with E-state index in [1.165, 1.54) is 11.8 Å². The summed E-state index contributed by atoms with van der Waals surface area (Å²) in [6.45, 7) is 5.90. The van der Waals surface area contributed by atoms with Gasteiger partial charge in [0.15, 0.2) is 0 Å². The van der Waals surface area contributed by atoms with Crippen molar-refractivity contribution in [3.63, 3.8) is 0 Å². The molecule has 1 unspecified atom stereocenters. The van der Waals surface area contributed by atoms with E-state index in [2.05, 4.69) is 0 Å². The van der Waals surface area contributed by atoms with Crippen LogP contribution in [0.5, 0.6) is 0 Å². The van der Waals surface area contributed by atoms with Gasteiger partial charge in [0, 0.05) is 4.90 Å². The van der Waals surface area contributed by atoms with Gasteiger partial charge < -0.3 is 5.11 Å². The van der Waals surface area contributed by atoms with Crippen molar-refractivity contribution in [2.45, 2.75) is 30.6 Å². The first-order chi connectivity index (χ1) is 6.02. The lowest BCUT2D eigenvalue weighted by atomic mass is 10.1. The Kier molecular flexibility index (Phi) is 3.40. The standard InChI is InChI=1S/C11H16OS/c1-9(2)11(3,12)13-10-7-5-4-6-8-10/h4-9,12H,1-3H3. The molecule has 0 aliphatic heterocycles. The third-order valence-electron chi connectivity index (χ3n) is 2.14. The van der Waals surface area contributed by atoms with Crippen LogP contribution in [-0.2, 0) is 0 Å². The molecule has 0 aliphatic rings. The Bertz CT molecular complexity index is 254. The zero-order chi connectivity index (χ0) is 9.90. The zero-order valence-corrected chi connectivity index (χ0v) is 9.14. The lowest BCUT2D eigenvalue weighted by Gasteiger charge is -2.26. The maximum absolute atomic E-state index is 10.0. The van der Waals surface area contributed by atoms with Crippen LogP contribution in [0.4, 0.5) is 0 Å². The van der Waals surface area contributed by atoms with Crippen LogP contribution >= 0.6 is 11.8 Å². The summed E-state index contributed by atoms with van der Waals surface area (Å²) in [7, 11) is 0. The number of hydrogen-bond donors (Lipinski definition) is 1. The second-order valence-electron chi connectivity index (χ2n) is 3.62. The van der Waals surface area contributed by atoms with Gasteiger partial charge in [-0.3, -0.25) is 0 Å². The molecule has 1 nitrogen and oxygen atoms in total. The van der Waals surface area contributed by atoms with Gasteiger partial charge in [0.1, 0.15) is 4.93 Å². The van der Waals surface area contributed by atoms with E-state index in [0.717, 1.165) is 4.90 Å². The van der Waals surface area contributed by atoms with Crippen molar-refractivity contribution < 1.29 is 5.11 Å². The van der Waals surface area contributed by atoms with Gasteiger partial charge in [-0.25, -0.2) is 0 Å². The summed E-state index contributed by atoms with van der Waals surface area (Å²) < 4.78 is 0. The normalized spacial score (nSPS) is 15.8. The van der Waals surface area contributed by atoms with Crippen LogP contribution in [0.3, 0.4) is 0 Å². The average Bonchev–Trinajstić information content (AvgIpc) is 2.05. The van der Waals surface area contributed by atoms with E-state index in [4.69, 9.17) is 0 Å². The molecule has 1 rings (SSSR count). The molecule has 0 aromatic heterocycles. The highest BCUT2D eigenvalue weighted by Crippen LogP contribution is 2.35. The minimum atomic E-state index is -0.679. The van der Waals surface area contributed by atoms with Crippen LogP contribution in [0.15, 0.2) is 35.2 Å². The molecule has 2 heteroatoms. The molecule has 1 N–H and O–H groups in total. The van der Waals surface area contributed by atoms with Crippen molar-refractivity contribution >= 4 is 11.8 Å². The molecule has 0 bridgehead atoms. The van der Waals surface area contributed by atoms with Crippen LogP contribution in [0, 0.1) is 5.92 Å². The van der Waals surface area contributed by atoms with E-state index in [1.807, 2.05) is 51.1 Å². The molecule has 0 fully saturated rings. The van der Waals surface area contributed by atoms with Crippen LogP contribution < -0.4 is 0 Å². The van der Waals surface area contributed by atoms with E-state index >= 15 is 0 Å². The monoisotopic (exact) mass is 196 g/mol. The van der Waals surface area contributed by atoms with Crippen molar-refractivity contribution in [1.29, 1.82) is 0 Å². The van der Waals surface area contributed by atoms with Crippen LogP contribution in [-0.4, -0.2) is 10.0 Å². The Labute approximate surface area is 84.2 Å². The molecule has 0 radical (unpaired) electrons. The molecular formula is C11H16OS. The number of aliphatic hydroxyl groups is 1. The van der Waals surface area contributed by atoms with Gasteiger partial charge in [0.05, 0.1) is 0 Å². The van der Waals surface area contributed by atoms with Crippen LogP contribution in [0.1, 0.15) is 20.8 Å². The van der Waals surface area contributed by atoms with Crippen LogP contribution in [0.2, 0.25) is 0 Å². The average molecular weight is 196 g/mol. The van der Waals surface area contributed by atoms with Crippen molar-refractivity contribution in [3.05, 3.63) is 30.3 Å². The van der Waals surface area contributed by atoms with Crippen LogP contribution in [0.25, 0.3) is 0 Å². The number of rotatable bonds is 3. The lowest BCUT2D eigenvalue weighted by Crippen LogP contribution is -2.26. The fourth-order valence-electron chi connectivity index (χ4n) is 0.845. The zero-order valence-electron chi connectivity index (χ0n) is 8.32. The quantitative estimate of drug-likeness (QED) is 0.592. The van der Waals surface area contributed by atoms with Gasteiger partial charge in [-0.1, -0.05) is 43.8 Å². The Hall–Kier alpha value is -0.470. The Morgan fingerprint density at radius 1 is 1.23 bits per heavy atom. The second-order valence-corrected chi connectivity index (χ2v) is 5.13. The summed E-state index contributed by atoms with van der Waals surface area (Å²) in [5, 5.41) is 10.0. The molecular weight excluding hydrogens is 180 g/mol. The fraction of sp³-hybridized carbons (Fsp3) is 0.455. The largest absolute Gasteiger partial charge is 0.379 e. The molecule has 13 heavy (non-hydrogen) atoms. The molecule has 0 spiro atoms. The predicted octanol–water partition coefficient (Wildman–Crippen LogP) is 3.14. The highest BCUT2D eigenvalue weighted by molar-refractivity contribution is 8.00. The van der Waals surface area contributed by atoms with Gasteiger partial charge in [0.25, 0.3) is 0 Å². The molecule has 0 saturated carbocycles. The fourth-order valence-corrected chi connectivity index (χ4v) is 1.85. The van der Waals surface area contributed by atoms with E-state index in [9.17, 15) is 5.11 Å². The first-order valence-electron chi connectivity index (χ1n) is 4.49. The number of benzene rings is 1. The molecule has 72 valence electrons. The van der Waals surface area contributed by atoms with Gasteiger partial charge in [-0.05, 0) is 25.0 Å². The molecule has 1 aromatic rings. The van der Waals surface area contributed by atoms with Crippen molar-refractivity contribution in [2.24, 2.45) is 5.92 Å². The molecule has 0 aliphatic carbocycles. The number of hydrogen-bond acceptors (Lipinski definition) is 2. The molecule has 0 heterocycles. The lowest BCUT2D eigenvalue weighted by molar-refractivity contribution is 0.107. The van der Waals surface area contributed by atoms with E-state index in [-0.39, 0.29) is 5.92 Å². The van der Waals surface area contributed by atoms with Gasteiger partial charge >= 0.3 is 0 Å². The SMILES string of the molecule is CC(C)C(C)(O)Sc1ccccc1. The molecule has 1 aromatic carbocycles. The maximum atomic E-state index is 10.0. The minimum Gasteiger partial charge on any atom is -0.379 e. The first kappa shape index (κ1) is 10.6. The molecule has 0 saturated heterocycles. The second kappa shape index (κ2) is 4.16. The summed E-state index contributed by atoms with van der Waals surface area (Å²) >= 11 is 1.51. The number of thioether (sulfide) groups is 1. The minimum absolute atomic E-state index is 0.248. The third-order valence-corrected chi connectivity index (χ3v) is 3.53. The summed E-state index contributed by atoms with van der Waals surface area (Å²) in [6, 6.07) is 9.98. The van der Waals surface area contributed by atoms with Gasteiger partial charge in [0.2, 0.25) is 0 Å². The summed E-state index contributed by atoms with van der Waals surface area (Å²) in [5.74, 6) is 0.248. The Morgan fingerprint density at radius 2 is 1.77 bits per heavy atom. The molecule has 1 atom stereocenters. The summed E-state index contributed by atoms with van der Waals surface area (Å²) in [4.78, 5) is 0.433. The van der Waals surface area contributed by atoms with Gasteiger partial charge in [-0.15, -0.1) is 0 Å². The van der Waals surface area contributed by atoms with E-state index in [0.29, 0.717) is 0 Å². The topological polar surface area (TPSA) is 20.2 Å².